The van der Waals surface area contributed by atoms with E-state index in [9.17, 15) is 9.59 Å². The largest absolute Gasteiger partial charge is 0.496 e. The second-order valence-corrected chi connectivity index (χ2v) is 9.56. The molecule has 2 N–H and O–H groups in total. The molecular formula is C32H30ClN3O5. The van der Waals surface area contributed by atoms with Crippen LogP contribution in [0.2, 0.25) is 5.02 Å². The van der Waals surface area contributed by atoms with Crippen molar-refractivity contribution < 1.29 is 23.8 Å². The van der Waals surface area contributed by atoms with Crippen LogP contribution >= 0.6 is 11.6 Å². The van der Waals surface area contributed by atoms with E-state index >= 15 is 0 Å². The van der Waals surface area contributed by atoms with E-state index in [1.54, 1.807) is 49.6 Å². The Bertz CT molecular complexity index is 1550. The third kappa shape index (κ3) is 8.33. The van der Waals surface area contributed by atoms with Crippen LogP contribution in [-0.2, 0) is 11.4 Å². The SMILES string of the molecule is COc1ccc(/C=N/NC(=O)c2ccc(NC(=O)COc3ccc(C)c(C)c3)cc2)cc1COc1ccccc1Cl. The average molecular weight is 572 g/mol. The molecular weight excluding hydrogens is 542 g/mol. The normalized spacial score (nSPS) is 10.7. The minimum atomic E-state index is -0.395. The van der Waals surface area contributed by atoms with Crippen LogP contribution in [0.5, 0.6) is 17.2 Å². The van der Waals surface area contributed by atoms with E-state index in [1.807, 2.05) is 56.3 Å². The van der Waals surface area contributed by atoms with Crippen molar-refractivity contribution in [1.82, 2.24) is 5.43 Å². The lowest BCUT2D eigenvalue weighted by atomic mass is 10.1. The highest BCUT2D eigenvalue weighted by molar-refractivity contribution is 6.32. The number of benzene rings is 4. The summed E-state index contributed by atoms with van der Waals surface area (Å²) in [6.07, 6.45) is 1.53. The molecule has 9 heteroatoms. The second-order valence-electron chi connectivity index (χ2n) is 9.15. The van der Waals surface area contributed by atoms with Crippen LogP contribution in [0.25, 0.3) is 0 Å². The molecule has 0 bridgehead atoms. The topological polar surface area (TPSA) is 98.2 Å². The fourth-order valence-corrected chi connectivity index (χ4v) is 3.98. The standard InChI is InChI=1S/C32H30ClN3O5/c1-21-8-14-27(16-22(21)2)40-20-31(37)35-26-12-10-24(11-13-26)32(38)36-34-18-23-9-15-29(39-3)25(17-23)19-41-30-7-5-4-6-28(30)33/h4-18H,19-20H2,1-3H3,(H,35,37)(H,36,38)/b34-18+. The molecule has 4 rings (SSSR count). The van der Waals surface area contributed by atoms with Gasteiger partial charge in [-0.15, -0.1) is 0 Å². The van der Waals surface area contributed by atoms with E-state index in [2.05, 4.69) is 15.8 Å². The smallest absolute Gasteiger partial charge is 0.271 e. The number of hydrogen-bond donors (Lipinski definition) is 2. The summed E-state index contributed by atoms with van der Waals surface area (Å²) < 4.78 is 16.8. The Hall–Kier alpha value is -4.82. The molecule has 0 aliphatic carbocycles. The van der Waals surface area contributed by atoms with Crippen molar-refractivity contribution in [1.29, 1.82) is 0 Å². The maximum absolute atomic E-state index is 12.6. The maximum Gasteiger partial charge on any atom is 0.271 e. The van der Waals surface area contributed by atoms with Crippen molar-refractivity contribution in [3.8, 4) is 17.2 Å². The van der Waals surface area contributed by atoms with Crippen molar-refractivity contribution in [2.45, 2.75) is 20.5 Å². The molecule has 0 aliphatic heterocycles. The Morgan fingerprint density at radius 3 is 2.39 bits per heavy atom. The highest BCUT2D eigenvalue weighted by Gasteiger charge is 2.09. The number of nitrogens with one attached hydrogen (secondary N) is 2. The number of hydrogen-bond acceptors (Lipinski definition) is 6. The van der Waals surface area contributed by atoms with Crippen molar-refractivity contribution in [2.24, 2.45) is 5.10 Å². The molecule has 8 nitrogen and oxygen atoms in total. The number of methoxy groups -OCH3 is 1. The van der Waals surface area contributed by atoms with Gasteiger partial charge in [0.1, 0.15) is 23.9 Å². The third-order valence-electron chi connectivity index (χ3n) is 6.18. The summed E-state index contributed by atoms with van der Waals surface area (Å²) >= 11 is 6.18. The predicted octanol–water partition coefficient (Wildman–Crippen LogP) is 6.33. The first kappa shape index (κ1) is 29.2. The molecule has 0 saturated carbocycles. The minimum absolute atomic E-state index is 0.126. The second kappa shape index (κ2) is 14.0. The van der Waals surface area contributed by atoms with Crippen LogP contribution in [0.4, 0.5) is 5.69 Å². The summed E-state index contributed by atoms with van der Waals surface area (Å²) in [5, 5.41) is 7.34. The Labute approximate surface area is 243 Å². The van der Waals surface area contributed by atoms with Gasteiger partial charge < -0.3 is 19.5 Å². The van der Waals surface area contributed by atoms with E-state index in [4.69, 9.17) is 25.8 Å². The van der Waals surface area contributed by atoms with Crippen molar-refractivity contribution >= 4 is 35.3 Å². The summed E-state index contributed by atoms with van der Waals surface area (Å²) in [5.41, 5.74) is 7.22. The number of anilines is 1. The average Bonchev–Trinajstić information content (AvgIpc) is 2.98. The molecule has 0 aromatic heterocycles. The summed E-state index contributed by atoms with van der Waals surface area (Å²) in [4.78, 5) is 24.8. The summed E-state index contributed by atoms with van der Waals surface area (Å²) in [6, 6.07) is 24.8. The Morgan fingerprint density at radius 2 is 1.66 bits per heavy atom. The van der Waals surface area contributed by atoms with Gasteiger partial charge in [-0.05, 0) is 97.3 Å². The molecule has 4 aromatic rings. The van der Waals surface area contributed by atoms with Gasteiger partial charge in [-0.2, -0.15) is 5.10 Å². The van der Waals surface area contributed by atoms with E-state index in [-0.39, 0.29) is 19.1 Å². The Kier molecular flexibility index (Phi) is 9.96. The Morgan fingerprint density at radius 1 is 0.878 bits per heavy atom. The number of halogens is 1. The number of carbonyl (C=O) groups is 2. The van der Waals surface area contributed by atoms with Crippen molar-refractivity contribution in [2.75, 3.05) is 19.0 Å². The summed E-state index contributed by atoms with van der Waals surface area (Å²) in [6.45, 7) is 4.11. The molecule has 0 aliphatic rings. The van der Waals surface area contributed by atoms with Crippen molar-refractivity contribution in [3.05, 3.63) is 118 Å². The predicted molar refractivity (Wildman–Crippen MR) is 160 cm³/mol. The summed E-state index contributed by atoms with van der Waals surface area (Å²) in [7, 11) is 1.58. The highest BCUT2D eigenvalue weighted by atomic mass is 35.5. The molecule has 4 aromatic carbocycles. The number of aryl methyl sites for hydroxylation is 2. The van der Waals surface area contributed by atoms with Gasteiger partial charge in [-0.1, -0.05) is 29.8 Å². The molecule has 0 heterocycles. The number of carbonyl (C=O) groups excluding carboxylic acids is 2. The number of rotatable bonds is 11. The molecule has 41 heavy (non-hydrogen) atoms. The van der Waals surface area contributed by atoms with Gasteiger partial charge in [0.05, 0.1) is 18.3 Å². The molecule has 0 fully saturated rings. The zero-order valence-corrected chi connectivity index (χ0v) is 23.7. The van der Waals surface area contributed by atoms with Gasteiger partial charge in [0.15, 0.2) is 6.61 Å². The quantitative estimate of drug-likeness (QED) is 0.162. The summed E-state index contributed by atoms with van der Waals surface area (Å²) in [5.74, 6) is 1.15. The zero-order chi connectivity index (χ0) is 29.2. The fraction of sp³-hybridized carbons (Fsp3) is 0.156. The van der Waals surface area contributed by atoms with Crippen LogP contribution in [-0.4, -0.2) is 31.7 Å². The van der Waals surface area contributed by atoms with E-state index in [0.29, 0.717) is 33.5 Å². The van der Waals surface area contributed by atoms with Crippen LogP contribution < -0.4 is 25.0 Å². The van der Waals surface area contributed by atoms with Crippen LogP contribution in [0.3, 0.4) is 0 Å². The molecule has 0 unspecified atom stereocenters. The van der Waals surface area contributed by atoms with Crippen molar-refractivity contribution in [3.63, 3.8) is 0 Å². The molecule has 2 amide bonds. The number of nitrogens with zero attached hydrogens (tertiary/aromatic N) is 1. The first-order chi connectivity index (χ1) is 19.8. The third-order valence-corrected chi connectivity index (χ3v) is 6.50. The first-order valence-electron chi connectivity index (χ1n) is 12.8. The minimum Gasteiger partial charge on any atom is -0.496 e. The van der Waals surface area contributed by atoms with E-state index < -0.39 is 5.91 Å². The van der Waals surface area contributed by atoms with Gasteiger partial charge in [0.2, 0.25) is 0 Å². The van der Waals surface area contributed by atoms with E-state index in [1.165, 1.54) is 6.21 Å². The first-order valence-corrected chi connectivity index (χ1v) is 13.2. The Balaban J connectivity index is 1.28. The highest BCUT2D eigenvalue weighted by Crippen LogP contribution is 2.26. The monoisotopic (exact) mass is 571 g/mol. The number of hydrazone groups is 1. The molecule has 0 atom stereocenters. The molecule has 0 spiro atoms. The van der Waals surface area contributed by atoms with Crippen LogP contribution in [0, 0.1) is 13.8 Å². The molecule has 0 saturated heterocycles. The maximum atomic E-state index is 12.6. The molecule has 0 radical (unpaired) electrons. The van der Waals surface area contributed by atoms with Gasteiger partial charge in [-0.25, -0.2) is 5.43 Å². The van der Waals surface area contributed by atoms with Gasteiger partial charge in [0.25, 0.3) is 11.8 Å². The lowest BCUT2D eigenvalue weighted by molar-refractivity contribution is -0.118. The van der Waals surface area contributed by atoms with Gasteiger partial charge in [-0.3, -0.25) is 9.59 Å². The van der Waals surface area contributed by atoms with E-state index in [0.717, 1.165) is 22.3 Å². The van der Waals surface area contributed by atoms with Crippen LogP contribution in [0.15, 0.2) is 90.0 Å². The van der Waals surface area contributed by atoms with Crippen LogP contribution in [0.1, 0.15) is 32.6 Å². The molecule has 210 valence electrons. The lowest BCUT2D eigenvalue weighted by Crippen LogP contribution is -2.20. The van der Waals surface area contributed by atoms with Gasteiger partial charge >= 0.3 is 0 Å². The lowest BCUT2D eigenvalue weighted by Gasteiger charge is -2.12. The van der Waals surface area contributed by atoms with Gasteiger partial charge in [0, 0.05) is 16.8 Å². The zero-order valence-electron chi connectivity index (χ0n) is 22.9. The fourth-order valence-electron chi connectivity index (χ4n) is 3.79. The number of amides is 2. The number of para-hydroxylation sites is 1. The number of ether oxygens (including phenoxy) is 3.